The molecule has 5 rings (SSSR count). The summed E-state index contributed by atoms with van der Waals surface area (Å²) in [5.74, 6) is -0.275. The van der Waals surface area contributed by atoms with Gasteiger partial charge in [-0.05, 0) is 61.9 Å². The van der Waals surface area contributed by atoms with E-state index in [2.05, 4.69) is 21.9 Å². The monoisotopic (exact) mass is 588 g/mol. The van der Waals surface area contributed by atoms with Gasteiger partial charge in [-0.3, -0.25) is 14.3 Å². The number of carbonyl (C=O) groups excluding carboxylic acids is 2. The highest BCUT2D eigenvalue weighted by Gasteiger charge is 2.30. The number of aromatic nitrogens is 3. The van der Waals surface area contributed by atoms with Gasteiger partial charge in [-0.2, -0.15) is 5.10 Å². The van der Waals surface area contributed by atoms with E-state index in [1.165, 1.54) is 12.3 Å². The Bertz CT molecular complexity index is 1580. The molecule has 0 aliphatic carbocycles. The molecule has 43 heavy (non-hydrogen) atoms. The molecule has 1 aliphatic heterocycles. The van der Waals surface area contributed by atoms with Crippen molar-refractivity contribution in [3.63, 3.8) is 0 Å². The van der Waals surface area contributed by atoms with Gasteiger partial charge in [0, 0.05) is 81.7 Å². The minimum atomic E-state index is -0.333. The largest absolute Gasteiger partial charge is 0.385 e. The highest BCUT2D eigenvalue weighted by atomic mass is 19.1. The second-order valence-electron chi connectivity index (χ2n) is 11.5. The maximum absolute atomic E-state index is 15.0. The minimum Gasteiger partial charge on any atom is -0.385 e. The molecular weight excluding hydrogens is 547 g/mol. The number of likely N-dealkylation sites (tertiary alicyclic amines) is 1. The van der Waals surface area contributed by atoms with Crippen molar-refractivity contribution >= 4 is 28.4 Å². The lowest BCUT2D eigenvalue weighted by molar-refractivity contribution is -0.132. The van der Waals surface area contributed by atoms with Crippen LogP contribution in [0, 0.1) is 12.7 Å². The zero-order chi connectivity index (χ0) is 30.5. The molecular formula is C33H41FN6O3. The molecule has 228 valence electrons. The third-order valence-electron chi connectivity index (χ3n) is 8.34. The van der Waals surface area contributed by atoms with Gasteiger partial charge < -0.3 is 25.3 Å². The number of halogens is 1. The molecule has 3 N–H and O–H groups in total. The molecule has 3 heterocycles. The fourth-order valence-electron chi connectivity index (χ4n) is 6.30. The number of ether oxygens (including phenoxy) is 1. The first-order chi connectivity index (χ1) is 20.7. The van der Waals surface area contributed by atoms with Crippen LogP contribution in [-0.4, -0.2) is 63.9 Å². The van der Waals surface area contributed by atoms with Crippen molar-refractivity contribution in [3.8, 4) is 0 Å². The van der Waals surface area contributed by atoms with Gasteiger partial charge in [0.15, 0.2) is 0 Å². The van der Waals surface area contributed by atoms with Crippen molar-refractivity contribution in [3.05, 3.63) is 83.1 Å². The van der Waals surface area contributed by atoms with Gasteiger partial charge in [0.05, 0.1) is 17.3 Å². The smallest absolute Gasteiger partial charge is 0.258 e. The van der Waals surface area contributed by atoms with Gasteiger partial charge in [-0.15, -0.1) is 0 Å². The van der Waals surface area contributed by atoms with E-state index in [4.69, 9.17) is 10.5 Å². The first-order valence-electron chi connectivity index (χ1n) is 14.9. The van der Waals surface area contributed by atoms with Crippen LogP contribution in [0.2, 0.25) is 0 Å². The van der Waals surface area contributed by atoms with Crippen molar-refractivity contribution in [2.24, 2.45) is 12.8 Å². The predicted molar refractivity (Wildman–Crippen MR) is 166 cm³/mol. The Morgan fingerprint density at radius 3 is 2.72 bits per heavy atom. The normalized spacial score (nSPS) is 16.0. The summed E-state index contributed by atoms with van der Waals surface area (Å²) in [7, 11) is 3.44. The number of amides is 2. The Hall–Kier alpha value is -4.02. The van der Waals surface area contributed by atoms with Gasteiger partial charge in [0.2, 0.25) is 5.91 Å². The Kier molecular flexibility index (Phi) is 9.57. The minimum absolute atomic E-state index is 0.0448. The van der Waals surface area contributed by atoms with E-state index < -0.39 is 0 Å². The fraction of sp³-hybridized carbons (Fsp3) is 0.424. The molecule has 4 aromatic rings. The molecule has 1 fully saturated rings. The van der Waals surface area contributed by atoms with E-state index in [-0.39, 0.29) is 36.0 Å². The van der Waals surface area contributed by atoms with Gasteiger partial charge in [0.1, 0.15) is 5.82 Å². The Morgan fingerprint density at radius 2 is 2.00 bits per heavy atom. The maximum Gasteiger partial charge on any atom is 0.258 e. The second kappa shape index (κ2) is 13.5. The maximum atomic E-state index is 15.0. The van der Waals surface area contributed by atoms with E-state index >= 15 is 4.39 Å². The Morgan fingerprint density at radius 1 is 1.21 bits per heavy atom. The standard InChI is InChI=1S/C33H41FN6O3/c1-22-28-8-4-9-29(34)32(28)40(15-6-16-43-3)31(22)24-7-5-14-39(21-24)30(41)18-26(35)17-23-10-12-27(13-11-23)37-33(42)25-19-36-38(2)20-25/h4,8-13,19-20,24,26H,5-7,14-18,21,35H2,1-3H3,(H,37,42). The van der Waals surface area contributed by atoms with E-state index in [9.17, 15) is 9.59 Å². The number of hydrogen-bond acceptors (Lipinski definition) is 5. The molecule has 0 saturated carbocycles. The van der Waals surface area contributed by atoms with Crippen LogP contribution in [0.5, 0.6) is 0 Å². The highest BCUT2D eigenvalue weighted by Crippen LogP contribution is 2.36. The van der Waals surface area contributed by atoms with Crippen LogP contribution < -0.4 is 11.1 Å². The molecule has 0 bridgehead atoms. The number of para-hydroxylation sites is 1. The average molecular weight is 589 g/mol. The number of piperidine rings is 1. The molecule has 9 nitrogen and oxygen atoms in total. The molecule has 2 aromatic heterocycles. The van der Waals surface area contributed by atoms with Crippen LogP contribution in [-0.2, 0) is 29.5 Å². The Labute approximate surface area is 251 Å². The molecule has 1 saturated heterocycles. The van der Waals surface area contributed by atoms with Crippen LogP contribution >= 0.6 is 0 Å². The number of hydrogen-bond donors (Lipinski definition) is 2. The fourth-order valence-corrected chi connectivity index (χ4v) is 6.30. The summed E-state index contributed by atoms with van der Waals surface area (Å²) >= 11 is 0. The average Bonchev–Trinajstić information content (AvgIpc) is 3.55. The molecule has 2 amide bonds. The molecule has 2 unspecified atom stereocenters. The molecule has 10 heteroatoms. The van der Waals surface area contributed by atoms with Gasteiger partial charge in [-0.1, -0.05) is 24.3 Å². The molecule has 2 aromatic carbocycles. The summed E-state index contributed by atoms with van der Waals surface area (Å²) in [6.07, 6.45) is 6.59. The molecule has 1 aliphatic rings. The number of rotatable bonds is 11. The zero-order valence-electron chi connectivity index (χ0n) is 25.2. The van der Waals surface area contributed by atoms with E-state index in [1.54, 1.807) is 31.1 Å². The summed E-state index contributed by atoms with van der Waals surface area (Å²) in [6, 6.07) is 12.4. The molecule has 0 spiro atoms. The van der Waals surface area contributed by atoms with E-state index in [1.807, 2.05) is 35.2 Å². The van der Waals surface area contributed by atoms with Gasteiger partial charge in [-0.25, -0.2) is 4.39 Å². The van der Waals surface area contributed by atoms with Crippen LogP contribution in [0.15, 0.2) is 54.9 Å². The van der Waals surface area contributed by atoms with Crippen LogP contribution in [0.25, 0.3) is 10.9 Å². The summed E-state index contributed by atoms with van der Waals surface area (Å²) < 4.78 is 24.0. The number of anilines is 1. The van der Waals surface area contributed by atoms with Crippen molar-refractivity contribution in [1.29, 1.82) is 0 Å². The van der Waals surface area contributed by atoms with Crippen LogP contribution in [0.4, 0.5) is 10.1 Å². The number of benzene rings is 2. The van der Waals surface area contributed by atoms with Crippen molar-refractivity contribution < 1.29 is 18.7 Å². The van der Waals surface area contributed by atoms with Gasteiger partial charge >= 0.3 is 0 Å². The first-order valence-corrected chi connectivity index (χ1v) is 14.9. The number of aryl methyl sites for hydroxylation is 3. The lowest BCUT2D eigenvalue weighted by Crippen LogP contribution is -2.42. The van der Waals surface area contributed by atoms with E-state index in [0.29, 0.717) is 49.4 Å². The number of carbonyl (C=O) groups is 2. The Balaban J connectivity index is 1.21. The lowest BCUT2D eigenvalue weighted by atomic mass is 9.91. The molecule has 2 atom stereocenters. The number of nitrogens with zero attached hydrogens (tertiary/aromatic N) is 4. The van der Waals surface area contributed by atoms with Crippen LogP contribution in [0.3, 0.4) is 0 Å². The number of methoxy groups -OCH3 is 1. The topological polar surface area (TPSA) is 107 Å². The van der Waals surface area contributed by atoms with Crippen molar-refractivity contribution in [2.75, 3.05) is 32.1 Å². The third-order valence-corrected chi connectivity index (χ3v) is 8.34. The van der Waals surface area contributed by atoms with Crippen molar-refractivity contribution in [1.82, 2.24) is 19.2 Å². The highest BCUT2D eigenvalue weighted by molar-refractivity contribution is 6.03. The van der Waals surface area contributed by atoms with E-state index in [0.717, 1.165) is 41.5 Å². The number of nitrogens with two attached hydrogens (primary N) is 1. The quantitative estimate of drug-likeness (QED) is 0.245. The van der Waals surface area contributed by atoms with Crippen LogP contribution in [0.1, 0.15) is 58.8 Å². The number of fused-ring (bicyclic) bond motifs is 1. The number of nitrogens with one attached hydrogen (secondary N) is 1. The summed E-state index contributed by atoms with van der Waals surface area (Å²) in [4.78, 5) is 27.7. The second-order valence-corrected chi connectivity index (χ2v) is 11.5. The summed E-state index contributed by atoms with van der Waals surface area (Å²) in [6.45, 7) is 4.62. The summed E-state index contributed by atoms with van der Waals surface area (Å²) in [5, 5.41) is 7.82. The SMILES string of the molecule is COCCCn1c(C2CCCN(C(=O)CC(N)Cc3ccc(NC(=O)c4cnn(C)c4)cc3)C2)c(C)c2cccc(F)c21. The third kappa shape index (κ3) is 6.97. The predicted octanol–water partition coefficient (Wildman–Crippen LogP) is 4.78. The van der Waals surface area contributed by atoms with Crippen molar-refractivity contribution in [2.45, 2.75) is 57.5 Å². The lowest BCUT2D eigenvalue weighted by Gasteiger charge is -2.34. The summed E-state index contributed by atoms with van der Waals surface area (Å²) in [5.41, 5.74) is 11.5. The molecule has 0 radical (unpaired) electrons. The first kappa shape index (κ1) is 30.4. The zero-order valence-corrected chi connectivity index (χ0v) is 25.2. The van der Waals surface area contributed by atoms with Gasteiger partial charge in [0.25, 0.3) is 5.91 Å².